The lowest BCUT2D eigenvalue weighted by atomic mass is 9.98. The van der Waals surface area contributed by atoms with Gasteiger partial charge in [0.25, 0.3) is 0 Å². The molecule has 0 aliphatic rings. The Labute approximate surface area is 126 Å². The monoisotopic (exact) mass is 281 g/mol. The summed E-state index contributed by atoms with van der Waals surface area (Å²) in [4.78, 5) is 0. The Morgan fingerprint density at radius 3 is 2.25 bits per heavy atom. The molecule has 0 bridgehead atoms. The Bertz CT molecular complexity index is 271. The largest absolute Gasteiger partial charge is 0.385 e. The molecule has 0 heterocycles. The average Bonchev–Trinajstić information content (AvgIpc) is 2.43. The summed E-state index contributed by atoms with van der Waals surface area (Å²) >= 11 is 0. The molecule has 0 aromatic heterocycles. The van der Waals surface area contributed by atoms with E-state index in [-0.39, 0.29) is 0 Å². The second-order valence-electron chi connectivity index (χ2n) is 5.90. The van der Waals surface area contributed by atoms with E-state index in [1.807, 2.05) is 0 Å². The van der Waals surface area contributed by atoms with Crippen molar-refractivity contribution in [1.82, 2.24) is 5.43 Å². The third kappa shape index (κ3) is 12.1. The van der Waals surface area contributed by atoms with Gasteiger partial charge < -0.3 is 5.73 Å². The fourth-order valence-electron chi connectivity index (χ4n) is 2.19. The first-order valence-electron chi connectivity index (χ1n) is 8.35. The molecule has 0 fully saturated rings. The van der Waals surface area contributed by atoms with E-state index >= 15 is 0 Å². The Hall–Kier alpha value is -0.990. The highest BCUT2D eigenvalue weighted by Crippen LogP contribution is 2.14. The normalized spacial score (nSPS) is 13.2. The zero-order valence-corrected chi connectivity index (χ0v) is 13.9. The molecular weight excluding hydrogens is 246 g/mol. The molecule has 0 radical (unpaired) electrons. The molecule has 0 spiro atoms. The predicted molar refractivity (Wildman–Crippen MR) is 90.6 cm³/mol. The summed E-state index contributed by atoms with van der Waals surface area (Å²) in [5.74, 6) is 1.11. The highest BCUT2D eigenvalue weighted by Gasteiger charge is 2.06. The van der Waals surface area contributed by atoms with Crippen LogP contribution in [0, 0.1) is 5.92 Å². The molecule has 0 aliphatic carbocycles. The van der Waals surface area contributed by atoms with Crippen molar-refractivity contribution in [3.05, 3.63) is 12.4 Å². The average molecular weight is 281 g/mol. The van der Waals surface area contributed by atoms with E-state index in [0.717, 1.165) is 12.8 Å². The lowest BCUT2D eigenvalue weighted by Gasteiger charge is -2.12. The number of nitrogens with one attached hydrogen (secondary N) is 1. The van der Waals surface area contributed by atoms with E-state index in [1.165, 1.54) is 57.1 Å². The van der Waals surface area contributed by atoms with Gasteiger partial charge in [-0.05, 0) is 25.2 Å². The van der Waals surface area contributed by atoms with Crippen molar-refractivity contribution in [2.75, 3.05) is 0 Å². The maximum absolute atomic E-state index is 5.51. The summed E-state index contributed by atoms with van der Waals surface area (Å²) in [7, 11) is 0. The fraction of sp³-hybridized carbons (Fsp3) is 0.824. The summed E-state index contributed by atoms with van der Waals surface area (Å²) in [6.07, 6.45) is 12.7. The number of nitrogens with two attached hydrogens (primary N) is 1. The van der Waals surface area contributed by atoms with Crippen LogP contribution in [0.1, 0.15) is 85.0 Å². The Kier molecular flexibility index (Phi) is 12.4. The van der Waals surface area contributed by atoms with Gasteiger partial charge in [0.15, 0.2) is 0 Å². The number of hydrazone groups is 1. The number of hydrogen-bond acceptors (Lipinski definition) is 3. The van der Waals surface area contributed by atoms with E-state index in [2.05, 4.69) is 37.9 Å². The van der Waals surface area contributed by atoms with Gasteiger partial charge in [0.2, 0.25) is 0 Å². The van der Waals surface area contributed by atoms with Crippen LogP contribution in [-0.4, -0.2) is 5.71 Å². The van der Waals surface area contributed by atoms with E-state index in [1.54, 1.807) is 0 Å². The molecule has 20 heavy (non-hydrogen) atoms. The third-order valence-corrected chi connectivity index (χ3v) is 3.71. The second kappa shape index (κ2) is 13.0. The van der Waals surface area contributed by atoms with Crippen molar-refractivity contribution in [3.8, 4) is 0 Å². The van der Waals surface area contributed by atoms with Gasteiger partial charge in [0.05, 0.1) is 0 Å². The van der Waals surface area contributed by atoms with Crippen LogP contribution in [0.2, 0.25) is 0 Å². The predicted octanol–water partition coefficient (Wildman–Crippen LogP) is 4.94. The van der Waals surface area contributed by atoms with E-state index in [4.69, 9.17) is 5.73 Å². The van der Waals surface area contributed by atoms with Gasteiger partial charge in [-0.25, -0.2) is 0 Å². The highest BCUT2D eigenvalue weighted by molar-refractivity contribution is 5.84. The Balaban J connectivity index is 3.91. The van der Waals surface area contributed by atoms with Crippen LogP contribution in [0.3, 0.4) is 0 Å². The van der Waals surface area contributed by atoms with Crippen LogP contribution in [0.5, 0.6) is 0 Å². The smallest absolute Gasteiger partial charge is 0.109 e. The number of nitrogens with zero attached hydrogens (tertiary/aromatic N) is 1. The highest BCUT2D eigenvalue weighted by atomic mass is 15.3. The van der Waals surface area contributed by atoms with Crippen LogP contribution in [0.25, 0.3) is 0 Å². The standard InChI is InChI=1S/C17H35N3/c1-5-7-8-9-10-11-12-13-17(14-15(3)6-2)20-19-16(4)18/h15,19H,4-14,18H2,1-3H3/b20-17-. The van der Waals surface area contributed by atoms with Crippen LogP contribution in [-0.2, 0) is 0 Å². The zero-order valence-electron chi connectivity index (χ0n) is 13.9. The van der Waals surface area contributed by atoms with Crippen molar-refractivity contribution in [2.24, 2.45) is 16.8 Å². The fourth-order valence-corrected chi connectivity index (χ4v) is 2.19. The Morgan fingerprint density at radius 2 is 1.70 bits per heavy atom. The maximum atomic E-state index is 5.51. The van der Waals surface area contributed by atoms with Gasteiger partial charge >= 0.3 is 0 Å². The topological polar surface area (TPSA) is 50.4 Å². The number of rotatable bonds is 13. The molecule has 0 rings (SSSR count). The molecule has 1 atom stereocenters. The maximum Gasteiger partial charge on any atom is 0.109 e. The molecule has 3 heteroatoms. The lowest BCUT2D eigenvalue weighted by molar-refractivity contribution is 0.568. The summed E-state index contributed by atoms with van der Waals surface area (Å²) < 4.78 is 0. The number of unbranched alkanes of at least 4 members (excludes halogenated alkanes) is 6. The molecule has 1 unspecified atom stereocenters. The lowest BCUT2D eigenvalue weighted by Crippen LogP contribution is -2.16. The van der Waals surface area contributed by atoms with Crippen molar-refractivity contribution in [3.63, 3.8) is 0 Å². The van der Waals surface area contributed by atoms with Gasteiger partial charge in [-0.1, -0.05) is 72.3 Å². The molecule has 118 valence electrons. The minimum absolute atomic E-state index is 0.422. The number of hydrogen-bond donors (Lipinski definition) is 2. The summed E-state index contributed by atoms with van der Waals surface area (Å²) in [6, 6.07) is 0. The molecular formula is C17H35N3. The second-order valence-corrected chi connectivity index (χ2v) is 5.90. The van der Waals surface area contributed by atoms with Crippen molar-refractivity contribution < 1.29 is 0 Å². The molecule has 3 nitrogen and oxygen atoms in total. The Morgan fingerprint density at radius 1 is 1.10 bits per heavy atom. The van der Waals surface area contributed by atoms with E-state index < -0.39 is 0 Å². The van der Waals surface area contributed by atoms with Crippen LogP contribution < -0.4 is 11.2 Å². The summed E-state index contributed by atoms with van der Waals surface area (Å²) in [5.41, 5.74) is 9.57. The first-order valence-corrected chi connectivity index (χ1v) is 8.35. The third-order valence-electron chi connectivity index (χ3n) is 3.71. The van der Waals surface area contributed by atoms with Gasteiger partial charge in [-0.3, -0.25) is 5.43 Å². The SMILES string of the molecule is C=C(N)N/N=C(/CCCCCCCCC)CC(C)CC. The van der Waals surface area contributed by atoms with Crippen LogP contribution in [0.15, 0.2) is 17.5 Å². The summed E-state index contributed by atoms with van der Waals surface area (Å²) in [5, 5.41) is 4.40. The van der Waals surface area contributed by atoms with Crippen LogP contribution in [0.4, 0.5) is 0 Å². The van der Waals surface area contributed by atoms with Crippen molar-refractivity contribution >= 4 is 5.71 Å². The molecule has 0 amide bonds. The van der Waals surface area contributed by atoms with E-state index in [9.17, 15) is 0 Å². The summed E-state index contributed by atoms with van der Waals surface area (Å²) in [6.45, 7) is 10.4. The van der Waals surface area contributed by atoms with Crippen LogP contribution >= 0.6 is 0 Å². The first kappa shape index (κ1) is 19.0. The van der Waals surface area contributed by atoms with Gasteiger partial charge in [0, 0.05) is 5.71 Å². The van der Waals surface area contributed by atoms with Crippen molar-refractivity contribution in [2.45, 2.75) is 85.0 Å². The molecule has 0 saturated carbocycles. The molecule has 0 saturated heterocycles. The van der Waals surface area contributed by atoms with E-state index in [0.29, 0.717) is 11.7 Å². The van der Waals surface area contributed by atoms with Crippen molar-refractivity contribution in [1.29, 1.82) is 0 Å². The molecule has 0 aromatic rings. The van der Waals surface area contributed by atoms with Gasteiger partial charge in [0.1, 0.15) is 5.82 Å². The van der Waals surface area contributed by atoms with Gasteiger partial charge in [-0.15, -0.1) is 0 Å². The molecule has 0 aliphatic heterocycles. The first-order chi connectivity index (χ1) is 9.60. The zero-order chi connectivity index (χ0) is 15.2. The minimum atomic E-state index is 0.422. The molecule has 3 N–H and O–H groups in total. The minimum Gasteiger partial charge on any atom is -0.385 e. The van der Waals surface area contributed by atoms with Gasteiger partial charge in [-0.2, -0.15) is 5.10 Å². The molecule has 0 aromatic carbocycles. The quantitative estimate of drug-likeness (QED) is 0.285.